The normalized spacial score (nSPS) is 26.5. The lowest BCUT2D eigenvalue weighted by Crippen LogP contribution is -2.56. The standard InChI is InChI=1S/C22H23ClFNO6/c1-10-4-14(23)18-12(6-11-2-3-13(27)7-15(11)24)8-25(16(18)5-10)22-21(30)20(29)19(28)17(9-26)31-22/h2-5,7-8,17,19-22,26-30H,6,9H2,1H3/t17-,19-,20+,21-,22-/m1/s1. The molecule has 1 aliphatic heterocycles. The summed E-state index contributed by atoms with van der Waals surface area (Å²) in [6.45, 7) is 1.29. The molecule has 31 heavy (non-hydrogen) atoms. The van der Waals surface area contributed by atoms with E-state index in [9.17, 15) is 29.9 Å². The molecule has 1 fully saturated rings. The number of fused-ring (bicyclic) bond motifs is 1. The van der Waals surface area contributed by atoms with Gasteiger partial charge in [-0.25, -0.2) is 4.39 Å². The summed E-state index contributed by atoms with van der Waals surface area (Å²) in [6.07, 6.45) is -4.88. The first kappa shape index (κ1) is 22.0. The number of aromatic hydroxyl groups is 1. The molecule has 0 spiro atoms. The van der Waals surface area contributed by atoms with Crippen molar-refractivity contribution in [2.45, 2.75) is 44.0 Å². The Hall–Kier alpha value is -2.20. The van der Waals surface area contributed by atoms with E-state index < -0.39 is 43.1 Å². The molecule has 2 heterocycles. The van der Waals surface area contributed by atoms with Gasteiger partial charge in [-0.2, -0.15) is 0 Å². The highest BCUT2D eigenvalue weighted by molar-refractivity contribution is 6.35. The minimum Gasteiger partial charge on any atom is -0.508 e. The first-order valence-corrected chi connectivity index (χ1v) is 10.2. The fourth-order valence-electron chi connectivity index (χ4n) is 4.09. The lowest BCUT2D eigenvalue weighted by atomic mass is 9.98. The van der Waals surface area contributed by atoms with Crippen LogP contribution in [0.4, 0.5) is 4.39 Å². The minimum absolute atomic E-state index is 0.149. The molecule has 166 valence electrons. The monoisotopic (exact) mass is 451 g/mol. The van der Waals surface area contributed by atoms with Gasteiger partial charge in [-0.15, -0.1) is 0 Å². The van der Waals surface area contributed by atoms with Gasteiger partial charge in [-0.3, -0.25) is 0 Å². The maximum Gasteiger partial charge on any atom is 0.163 e. The molecule has 1 aromatic heterocycles. The quantitative estimate of drug-likeness (QED) is 0.414. The zero-order chi connectivity index (χ0) is 22.4. The molecule has 4 rings (SSSR count). The number of phenols is 1. The molecule has 5 atom stereocenters. The van der Waals surface area contributed by atoms with E-state index in [1.807, 2.05) is 13.0 Å². The topological polar surface area (TPSA) is 115 Å². The Bertz CT molecular complexity index is 1120. The first-order chi connectivity index (χ1) is 14.7. The summed E-state index contributed by atoms with van der Waals surface area (Å²) in [5, 5.41) is 50.9. The Morgan fingerprint density at radius 1 is 1.06 bits per heavy atom. The van der Waals surface area contributed by atoms with Gasteiger partial charge in [0.25, 0.3) is 0 Å². The van der Waals surface area contributed by atoms with E-state index in [0.29, 0.717) is 27.1 Å². The predicted molar refractivity (Wildman–Crippen MR) is 112 cm³/mol. The van der Waals surface area contributed by atoms with Gasteiger partial charge in [-0.05, 0) is 41.8 Å². The molecule has 0 radical (unpaired) electrons. The van der Waals surface area contributed by atoms with Crippen molar-refractivity contribution >= 4 is 22.5 Å². The summed E-state index contributed by atoms with van der Waals surface area (Å²) in [5.41, 5.74) is 2.40. The van der Waals surface area contributed by atoms with Crippen LogP contribution in [0.2, 0.25) is 5.02 Å². The molecule has 1 saturated heterocycles. The molecule has 0 amide bonds. The second-order valence-corrected chi connectivity index (χ2v) is 8.28. The van der Waals surface area contributed by atoms with Crippen LogP contribution in [0.25, 0.3) is 10.9 Å². The predicted octanol–water partition coefficient (Wildman–Crippen LogP) is 2.01. The highest BCUT2D eigenvalue weighted by atomic mass is 35.5. The van der Waals surface area contributed by atoms with Crippen LogP contribution in [0.5, 0.6) is 5.75 Å². The second kappa shape index (κ2) is 8.38. The number of aromatic nitrogens is 1. The number of nitrogens with zero attached hydrogens (tertiary/aromatic N) is 1. The molecule has 5 N–H and O–H groups in total. The van der Waals surface area contributed by atoms with E-state index in [4.69, 9.17) is 16.3 Å². The number of ether oxygens (including phenoxy) is 1. The summed E-state index contributed by atoms with van der Waals surface area (Å²) < 4.78 is 21.6. The minimum atomic E-state index is -1.54. The largest absolute Gasteiger partial charge is 0.508 e. The van der Waals surface area contributed by atoms with Crippen molar-refractivity contribution in [3.8, 4) is 5.75 Å². The average molecular weight is 452 g/mol. The summed E-state index contributed by atoms with van der Waals surface area (Å²) >= 11 is 6.52. The Kier molecular flexibility index (Phi) is 5.95. The summed E-state index contributed by atoms with van der Waals surface area (Å²) in [7, 11) is 0. The molecule has 7 nitrogen and oxygen atoms in total. The molecule has 1 aliphatic rings. The van der Waals surface area contributed by atoms with Crippen molar-refractivity contribution < 1.29 is 34.7 Å². The fraction of sp³-hybridized carbons (Fsp3) is 0.364. The van der Waals surface area contributed by atoms with Crippen LogP contribution in [0, 0.1) is 12.7 Å². The highest BCUT2D eigenvalue weighted by Crippen LogP contribution is 2.37. The van der Waals surface area contributed by atoms with Gasteiger partial charge >= 0.3 is 0 Å². The van der Waals surface area contributed by atoms with Crippen molar-refractivity contribution in [1.82, 2.24) is 4.57 Å². The molecule has 0 aliphatic carbocycles. The second-order valence-electron chi connectivity index (χ2n) is 7.87. The van der Waals surface area contributed by atoms with Gasteiger partial charge in [0, 0.05) is 24.1 Å². The summed E-state index contributed by atoms with van der Waals surface area (Å²) in [4.78, 5) is 0. The lowest BCUT2D eigenvalue weighted by molar-refractivity contribution is -0.250. The lowest BCUT2D eigenvalue weighted by Gasteiger charge is -2.40. The third-order valence-corrected chi connectivity index (χ3v) is 5.96. The van der Waals surface area contributed by atoms with Gasteiger partial charge < -0.3 is 34.8 Å². The Balaban J connectivity index is 1.84. The SMILES string of the molecule is Cc1cc(Cl)c2c(Cc3ccc(O)cc3F)cn([C@@H]3O[C@H](CO)[C@@H](O)[C@H](O)[C@H]3O)c2c1. The van der Waals surface area contributed by atoms with E-state index in [0.717, 1.165) is 11.6 Å². The fourth-order valence-corrected chi connectivity index (χ4v) is 4.48. The average Bonchev–Trinajstić information content (AvgIpc) is 3.07. The molecule has 2 aromatic carbocycles. The van der Waals surface area contributed by atoms with Gasteiger partial charge in [-0.1, -0.05) is 17.7 Å². The number of hydrogen-bond donors (Lipinski definition) is 5. The number of aliphatic hydroxyl groups excluding tert-OH is 4. The number of phenolic OH excluding ortho intramolecular Hbond substituents is 1. The van der Waals surface area contributed by atoms with Crippen LogP contribution in [-0.4, -0.2) is 61.1 Å². The third kappa shape index (κ3) is 3.91. The molecule has 0 saturated carbocycles. The maximum atomic E-state index is 14.4. The number of rotatable bonds is 4. The summed E-state index contributed by atoms with van der Waals surface area (Å²) in [5.74, 6) is -0.754. The van der Waals surface area contributed by atoms with Crippen LogP contribution in [-0.2, 0) is 11.2 Å². The zero-order valence-corrected chi connectivity index (χ0v) is 17.4. The number of hydrogen-bond acceptors (Lipinski definition) is 6. The van der Waals surface area contributed by atoms with Crippen molar-refractivity contribution in [3.05, 3.63) is 64.1 Å². The third-order valence-electron chi connectivity index (χ3n) is 5.67. The van der Waals surface area contributed by atoms with Crippen LogP contribution in [0.1, 0.15) is 22.9 Å². The van der Waals surface area contributed by atoms with E-state index in [1.165, 1.54) is 12.1 Å². The van der Waals surface area contributed by atoms with Gasteiger partial charge in [0.15, 0.2) is 6.23 Å². The summed E-state index contributed by atoms with van der Waals surface area (Å²) in [6, 6.07) is 7.47. The highest BCUT2D eigenvalue weighted by Gasteiger charge is 2.44. The van der Waals surface area contributed by atoms with Crippen LogP contribution in [0.3, 0.4) is 0 Å². The van der Waals surface area contributed by atoms with E-state index in [1.54, 1.807) is 16.8 Å². The van der Waals surface area contributed by atoms with E-state index >= 15 is 0 Å². The number of aryl methyl sites for hydroxylation is 1. The van der Waals surface area contributed by atoms with Crippen molar-refractivity contribution in [2.75, 3.05) is 6.61 Å². The van der Waals surface area contributed by atoms with Crippen molar-refractivity contribution in [1.29, 1.82) is 0 Å². The van der Waals surface area contributed by atoms with Gasteiger partial charge in [0.05, 0.1) is 17.1 Å². The number of benzene rings is 2. The van der Waals surface area contributed by atoms with E-state index in [2.05, 4.69) is 0 Å². The van der Waals surface area contributed by atoms with Gasteiger partial charge in [0.1, 0.15) is 36.0 Å². The van der Waals surface area contributed by atoms with Crippen molar-refractivity contribution in [2.24, 2.45) is 0 Å². The van der Waals surface area contributed by atoms with Gasteiger partial charge in [0.2, 0.25) is 0 Å². The Morgan fingerprint density at radius 3 is 2.48 bits per heavy atom. The van der Waals surface area contributed by atoms with E-state index in [-0.39, 0.29) is 12.2 Å². The zero-order valence-electron chi connectivity index (χ0n) is 16.6. The van der Waals surface area contributed by atoms with Crippen LogP contribution >= 0.6 is 11.6 Å². The smallest absolute Gasteiger partial charge is 0.163 e. The molecule has 3 aromatic rings. The molecule has 0 unspecified atom stereocenters. The molecular formula is C22H23ClFNO6. The Morgan fingerprint density at radius 2 is 1.81 bits per heavy atom. The Labute approximate surface area is 182 Å². The van der Waals surface area contributed by atoms with Crippen LogP contribution < -0.4 is 0 Å². The first-order valence-electron chi connectivity index (χ1n) is 9.78. The van der Waals surface area contributed by atoms with Crippen LogP contribution in [0.15, 0.2) is 36.5 Å². The number of aliphatic hydroxyl groups is 4. The molecular weight excluding hydrogens is 429 g/mol. The maximum absolute atomic E-state index is 14.4. The number of halogens is 2. The molecule has 0 bridgehead atoms. The molecule has 9 heteroatoms. The van der Waals surface area contributed by atoms with Crippen molar-refractivity contribution in [3.63, 3.8) is 0 Å².